The van der Waals surface area contributed by atoms with Crippen molar-refractivity contribution in [3.63, 3.8) is 0 Å². The van der Waals surface area contributed by atoms with Gasteiger partial charge < -0.3 is 9.63 Å². The van der Waals surface area contributed by atoms with Gasteiger partial charge in [0.05, 0.1) is 0 Å². The van der Waals surface area contributed by atoms with Crippen LogP contribution in [0.2, 0.25) is 0 Å². The van der Waals surface area contributed by atoms with Crippen LogP contribution in [0.15, 0.2) is 10.6 Å². The van der Waals surface area contributed by atoms with E-state index in [9.17, 15) is 8.42 Å². The average Bonchev–Trinajstić information content (AvgIpc) is 2.86. The third-order valence-electron chi connectivity index (χ3n) is 3.24. The standard InChI is InChI=1S/C11H18N2O4S/c1-8-5-10(12-17-8)7-18(15,16)13-11-4-2-3-9(11)6-14/h5,9,11,13-14H,2-4,6-7H2,1H3. The quantitative estimate of drug-likeness (QED) is 0.818. The molecule has 1 heterocycles. The molecule has 0 radical (unpaired) electrons. The number of rotatable bonds is 5. The second-order valence-electron chi connectivity index (χ2n) is 4.79. The highest BCUT2D eigenvalue weighted by Gasteiger charge is 2.30. The van der Waals surface area contributed by atoms with Gasteiger partial charge in [-0.05, 0) is 25.7 Å². The van der Waals surface area contributed by atoms with Gasteiger partial charge in [-0.15, -0.1) is 0 Å². The molecule has 0 spiro atoms. The first-order valence-corrected chi connectivity index (χ1v) is 7.68. The van der Waals surface area contributed by atoms with Crippen LogP contribution in [0.25, 0.3) is 0 Å². The van der Waals surface area contributed by atoms with Crippen LogP contribution in [0.4, 0.5) is 0 Å². The lowest BCUT2D eigenvalue weighted by molar-refractivity contribution is 0.213. The molecule has 1 aliphatic rings. The zero-order valence-corrected chi connectivity index (χ0v) is 11.1. The minimum absolute atomic E-state index is 0.0241. The van der Waals surface area contributed by atoms with Gasteiger partial charge in [-0.3, -0.25) is 0 Å². The predicted octanol–water partition coefficient (Wildman–Crippen LogP) is 0.563. The molecule has 0 aromatic carbocycles. The van der Waals surface area contributed by atoms with Gasteiger partial charge in [0.1, 0.15) is 17.2 Å². The lowest BCUT2D eigenvalue weighted by atomic mass is 10.1. The summed E-state index contributed by atoms with van der Waals surface area (Å²) in [6.07, 6.45) is 2.59. The van der Waals surface area contributed by atoms with Gasteiger partial charge in [0.25, 0.3) is 0 Å². The van der Waals surface area contributed by atoms with Crippen molar-refractivity contribution in [1.29, 1.82) is 0 Å². The molecule has 0 bridgehead atoms. The normalized spacial score (nSPS) is 24.6. The van der Waals surface area contributed by atoms with E-state index in [1.165, 1.54) is 0 Å². The highest BCUT2D eigenvalue weighted by molar-refractivity contribution is 7.88. The fourth-order valence-corrected chi connectivity index (χ4v) is 3.74. The maximum atomic E-state index is 12.0. The minimum atomic E-state index is -3.43. The summed E-state index contributed by atoms with van der Waals surface area (Å²) in [4.78, 5) is 0. The lowest BCUT2D eigenvalue weighted by Crippen LogP contribution is -2.39. The molecule has 2 rings (SSSR count). The fraction of sp³-hybridized carbons (Fsp3) is 0.727. The van der Waals surface area contributed by atoms with Crippen LogP contribution in [0.5, 0.6) is 0 Å². The topological polar surface area (TPSA) is 92.4 Å². The van der Waals surface area contributed by atoms with Gasteiger partial charge >= 0.3 is 0 Å². The van der Waals surface area contributed by atoms with Crippen LogP contribution in [0.3, 0.4) is 0 Å². The number of hydrogen-bond acceptors (Lipinski definition) is 5. The Kier molecular flexibility index (Phi) is 4.04. The maximum absolute atomic E-state index is 12.0. The van der Waals surface area contributed by atoms with Crippen molar-refractivity contribution >= 4 is 10.0 Å². The van der Waals surface area contributed by atoms with Crippen molar-refractivity contribution in [1.82, 2.24) is 9.88 Å². The molecule has 2 N–H and O–H groups in total. The van der Waals surface area contributed by atoms with Gasteiger partial charge in [-0.25, -0.2) is 13.1 Å². The summed E-state index contributed by atoms with van der Waals surface area (Å²) in [5.74, 6) is 0.437. The van der Waals surface area contributed by atoms with E-state index < -0.39 is 10.0 Å². The first-order valence-electron chi connectivity index (χ1n) is 6.03. The van der Waals surface area contributed by atoms with E-state index in [0.29, 0.717) is 11.5 Å². The van der Waals surface area contributed by atoms with Gasteiger partial charge in [0, 0.05) is 18.7 Å². The number of nitrogens with one attached hydrogen (secondary N) is 1. The average molecular weight is 274 g/mol. The van der Waals surface area contributed by atoms with E-state index in [1.54, 1.807) is 13.0 Å². The third-order valence-corrected chi connectivity index (χ3v) is 4.58. The van der Waals surface area contributed by atoms with Crippen LogP contribution < -0.4 is 4.72 Å². The number of aryl methyl sites for hydroxylation is 1. The monoisotopic (exact) mass is 274 g/mol. The summed E-state index contributed by atoms with van der Waals surface area (Å²) in [6.45, 7) is 1.74. The van der Waals surface area contributed by atoms with E-state index in [-0.39, 0.29) is 24.3 Å². The zero-order valence-electron chi connectivity index (χ0n) is 10.3. The summed E-state index contributed by atoms with van der Waals surface area (Å²) >= 11 is 0. The van der Waals surface area contributed by atoms with Crippen LogP contribution in [0.1, 0.15) is 30.7 Å². The Hall–Kier alpha value is -0.920. The lowest BCUT2D eigenvalue weighted by Gasteiger charge is -2.18. The summed E-state index contributed by atoms with van der Waals surface area (Å²) in [6, 6.07) is 1.45. The summed E-state index contributed by atoms with van der Waals surface area (Å²) in [5.41, 5.74) is 0.401. The maximum Gasteiger partial charge on any atom is 0.217 e. The number of aromatic nitrogens is 1. The summed E-state index contributed by atoms with van der Waals surface area (Å²) < 4.78 is 31.4. The molecule has 18 heavy (non-hydrogen) atoms. The molecule has 0 saturated heterocycles. The Labute approximate surface area is 106 Å². The zero-order chi connectivity index (χ0) is 13.2. The van der Waals surface area contributed by atoms with E-state index in [2.05, 4.69) is 9.88 Å². The number of aliphatic hydroxyl groups is 1. The molecular formula is C11H18N2O4S. The Balaban J connectivity index is 1.99. The number of sulfonamides is 1. The molecule has 1 saturated carbocycles. The summed E-state index contributed by atoms with van der Waals surface area (Å²) in [7, 11) is -3.43. The molecule has 1 aliphatic carbocycles. The molecule has 0 amide bonds. The minimum Gasteiger partial charge on any atom is -0.396 e. The van der Waals surface area contributed by atoms with Crippen molar-refractivity contribution in [3.8, 4) is 0 Å². The van der Waals surface area contributed by atoms with Crippen molar-refractivity contribution in [3.05, 3.63) is 17.5 Å². The Morgan fingerprint density at radius 2 is 2.33 bits per heavy atom. The Bertz CT molecular complexity index is 497. The highest BCUT2D eigenvalue weighted by Crippen LogP contribution is 2.25. The molecule has 102 valence electrons. The number of nitrogens with zero attached hydrogens (tertiary/aromatic N) is 1. The third kappa shape index (κ3) is 3.30. The van der Waals surface area contributed by atoms with Crippen molar-refractivity contribution in [2.45, 2.75) is 38.0 Å². The molecule has 1 fully saturated rings. The molecule has 1 aromatic rings. The smallest absolute Gasteiger partial charge is 0.217 e. The second kappa shape index (κ2) is 5.38. The van der Waals surface area contributed by atoms with E-state index >= 15 is 0 Å². The van der Waals surface area contributed by atoms with Gasteiger partial charge in [-0.1, -0.05) is 11.6 Å². The van der Waals surface area contributed by atoms with E-state index in [1.807, 2.05) is 0 Å². The molecule has 0 aliphatic heterocycles. The van der Waals surface area contributed by atoms with E-state index in [4.69, 9.17) is 9.63 Å². The van der Waals surface area contributed by atoms with Gasteiger partial charge in [0.2, 0.25) is 10.0 Å². The molecule has 2 unspecified atom stereocenters. The molecular weight excluding hydrogens is 256 g/mol. The second-order valence-corrected chi connectivity index (χ2v) is 6.54. The number of aliphatic hydroxyl groups excluding tert-OH is 1. The SMILES string of the molecule is Cc1cc(CS(=O)(=O)NC2CCCC2CO)no1. The Morgan fingerprint density at radius 3 is 2.94 bits per heavy atom. The number of hydrogen-bond donors (Lipinski definition) is 2. The first-order chi connectivity index (χ1) is 8.50. The van der Waals surface area contributed by atoms with Crippen LogP contribution in [-0.4, -0.2) is 31.3 Å². The van der Waals surface area contributed by atoms with Crippen molar-refractivity contribution in [2.75, 3.05) is 6.61 Å². The van der Waals surface area contributed by atoms with Crippen molar-refractivity contribution in [2.24, 2.45) is 5.92 Å². The van der Waals surface area contributed by atoms with Crippen LogP contribution in [0, 0.1) is 12.8 Å². The van der Waals surface area contributed by atoms with Crippen LogP contribution in [-0.2, 0) is 15.8 Å². The predicted molar refractivity (Wildman–Crippen MR) is 65.2 cm³/mol. The van der Waals surface area contributed by atoms with E-state index in [0.717, 1.165) is 19.3 Å². The van der Waals surface area contributed by atoms with Gasteiger partial charge in [-0.2, -0.15) is 0 Å². The first kappa shape index (κ1) is 13.5. The van der Waals surface area contributed by atoms with Crippen molar-refractivity contribution < 1.29 is 18.0 Å². The molecule has 2 atom stereocenters. The Morgan fingerprint density at radius 1 is 1.56 bits per heavy atom. The largest absolute Gasteiger partial charge is 0.396 e. The molecule has 6 nitrogen and oxygen atoms in total. The fourth-order valence-electron chi connectivity index (χ4n) is 2.36. The van der Waals surface area contributed by atoms with Gasteiger partial charge in [0.15, 0.2) is 0 Å². The molecule has 1 aromatic heterocycles. The van der Waals surface area contributed by atoms with Crippen LogP contribution >= 0.6 is 0 Å². The summed E-state index contributed by atoms with van der Waals surface area (Å²) in [5, 5.41) is 12.8. The highest BCUT2D eigenvalue weighted by atomic mass is 32.2. The molecule has 7 heteroatoms.